The van der Waals surface area contributed by atoms with E-state index in [4.69, 9.17) is 10.9 Å². The lowest BCUT2D eigenvalue weighted by molar-refractivity contribution is 0.597. The second-order valence-electron chi connectivity index (χ2n) is 3.97. The molecule has 0 saturated heterocycles. The van der Waals surface area contributed by atoms with Gasteiger partial charge in [-0.25, -0.2) is 18.5 Å². The fourth-order valence-corrected chi connectivity index (χ4v) is 1.94. The number of anilines is 1. The molecule has 0 fully saturated rings. The first kappa shape index (κ1) is 13.9. The molecule has 96 valence electrons. The zero-order chi connectivity index (χ0) is 13.1. The Morgan fingerprint density at radius 1 is 1.41 bits per heavy atom. The van der Waals surface area contributed by atoms with Crippen LogP contribution in [0.25, 0.3) is 0 Å². The number of hydrogen-bond acceptors (Lipinski definition) is 5. The van der Waals surface area contributed by atoms with E-state index in [-0.39, 0.29) is 10.9 Å². The van der Waals surface area contributed by atoms with E-state index in [1.807, 2.05) is 18.7 Å². The van der Waals surface area contributed by atoms with Crippen LogP contribution in [-0.2, 0) is 10.0 Å². The molecule has 0 aromatic carbocycles. The Morgan fingerprint density at radius 3 is 2.41 bits per heavy atom. The van der Waals surface area contributed by atoms with Gasteiger partial charge in [0.1, 0.15) is 10.7 Å². The van der Waals surface area contributed by atoms with Crippen molar-refractivity contribution in [3.63, 3.8) is 0 Å². The Hall–Kier alpha value is -1.18. The van der Waals surface area contributed by atoms with Gasteiger partial charge in [-0.2, -0.15) is 0 Å². The molecule has 0 aliphatic rings. The van der Waals surface area contributed by atoms with Crippen LogP contribution in [0.4, 0.5) is 5.82 Å². The summed E-state index contributed by atoms with van der Waals surface area (Å²) in [6.45, 7) is 5.21. The average Bonchev–Trinajstić information content (AvgIpc) is 2.24. The quantitative estimate of drug-likeness (QED) is 0.768. The molecular weight excluding hydrogens is 240 g/mol. The van der Waals surface area contributed by atoms with Gasteiger partial charge in [-0.1, -0.05) is 0 Å². The van der Waals surface area contributed by atoms with Crippen molar-refractivity contribution < 1.29 is 8.42 Å². The van der Waals surface area contributed by atoms with E-state index in [0.29, 0.717) is 18.9 Å². The van der Waals surface area contributed by atoms with Crippen LogP contribution in [-0.4, -0.2) is 32.5 Å². The van der Waals surface area contributed by atoms with Crippen molar-refractivity contribution in [3.05, 3.63) is 18.3 Å². The maximum Gasteiger partial charge on any atom is 0.239 e. The van der Waals surface area contributed by atoms with Crippen molar-refractivity contribution in [2.24, 2.45) is 10.9 Å². The van der Waals surface area contributed by atoms with E-state index < -0.39 is 10.0 Å². The zero-order valence-corrected chi connectivity index (χ0v) is 10.8. The lowest BCUT2D eigenvalue weighted by Crippen LogP contribution is -2.36. The lowest BCUT2D eigenvalue weighted by atomic mass is 10.3. The summed E-state index contributed by atoms with van der Waals surface area (Å²) in [5, 5.41) is 5.00. The molecule has 0 spiro atoms. The van der Waals surface area contributed by atoms with Gasteiger partial charge in [0.25, 0.3) is 0 Å². The van der Waals surface area contributed by atoms with E-state index >= 15 is 0 Å². The number of aromatic nitrogens is 1. The molecule has 0 bridgehead atoms. The molecule has 0 unspecified atom stereocenters. The molecule has 0 radical (unpaired) electrons. The number of hydrogen-bond donors (Lipinski definition) is 2. The standard InChI is InChI=1S/C10H18N4O2S/c1-8(2)14(6-5-11)10-4-3-9(7-13-10)17(12,15)16/h3-4,7-8H,5-6,11H2,1-2H3,(H2,12,15,16). The smallest absolute Gasteiger partial charge is 0.239 e. The molecule has 4 N–H and O–H groups in total. The van der Waals surface area contributed by atoms with Crippen LogP contribution < -0.4 is 15.8 Å². The van der Waals surface area contributed by atoms with Gasteiger partial charge in [-0.05, 0) is 26.0 Å². The number of rotatable bonds is 5. The summed E-state index contributed by atoms with van der Waals surface area (Å²) < 4.78 is 22.2. The number of nitrogens with zero attached hydrogens (tertiary/aromatic N) is 2. The summed E-state index contributed by atoms with van der Waals surface area (Å²) in [7, 11) is -3.68. The Kier molecular flexibility index (Phi) is 4.44. The first-order chi connectivity index (χ1) is 7.86. The highest BCUT2D eigenvalue weighted by atomic mass is 32.2. The summed E-state index contributed by atoms with van der Waals surface area (Å²) >= 11 is 0. The van der Waals surface area contributed by atoms with Crippen LogP contribution in [0.15, 0.2) is 23.2 Å². The minimum Gasteiger partial charge on any atom is -0.353 e. The van der Waals surface area contributed by atoms with Crippen molar-refractivity contribution in [2.75, 3.05) is 18.0 Å². The number of nitrogens with two attached hydrogens (primary N) is 2. The van der Waals surface area contributed by atoms with E-state index in [0.717, 1.165) is 0 Å². The zero-order valence-electron chi connectivity index (χ0n) is 10.00. The molecule has 0 amide bonds. The largest absolute Gasteiger partial charge is 0.353 e. The van der Waals surface area contributed by atoms with Gasteiger partial charge in [0.05, 0.1) is 0 Å². The predicted octanol–water partition coefficient (Wildman–Crippen LogP) is -0.0975. The van der Waals surface area contributed by atoms with E-state index in [1.54, 1.807) is 6.07 Å². The maximum atomic E-state index is 11.1. The van der Waals surface area contributed by atoms with Crippen molar-refractivity contribution in [3.8, 4) is 0 Å². The fraction of sp³-hybridized carbons (Fsp3) is 0.500. The predicted molar refractivity (Wildman–Crippen MR) is 67.1 cm³/mol. The second-order valence-corrected chi connectivity index (χ2v) is 5.53. The van der Waals surface area contributed by atoms with Crippen molar-refractivity contribution in [1.82, 2.24) is 4.98 Å². The number of sulfonamides is 1. The van der Waals surface area contributed by atoms with Crippen LogP contribution in [0, 0.1) is 0 Å². The highest BCUT2D eigenvalue weighted by Gasteiger charge is 2.13. The van der Waals surface area contributed by atoms with Crippen LogP contribution in [0.1, 0.15) is 13.8 Å². The van der Waals surface area contributed by atoms with Gasteiger partial charge < -0.3 is 10.6 Å². The highest BCUT2D eigenvalue weighted by Crippen LogP contribution is 2.15. The molecule has 0 aliphatic carbocycles. The molecule has 1 heterocycles. The van der Waals surface area contributed by atoms with Gasteiger partial charge in [-0.3, -0.25) is 0 Å². The minimum absolute atomic E-state index is 0.0118. The summed E-state index contributed by atoms with van der Waals surface area (Å²) in [5.74, 6) is 0.692. The average molecular weight is 258 g/mol. The van der Waals surface area contributed by atoms with Crippen molar-refractivity contribution >= 4 is 15.8 Å². The van der Waals surface area contributed by atoms with Gasteiger partial charge in [-0.15, -0.1) is 0 Å². The highest BCUT2D eigenvalue weighted by molar-refractivity contribution is 7.89. The molecule has 1 aromatic rings. The normalized spacial score (nSPS) is 11.8. The van der Waals surface area contributed by atoms with Gasteiger partial charge in [0.15, 0.2) is 0 Å². The molecule has 1 rings (SSSR count). The minimum atomic E-state index is -3.68. The van der Waals surface area contributed by atoms with E-state index in [2.05, 4.69) is 4.98 Å². The maximum absolute atomic E-state index is 11.1. The Morgan fingerprint density at radius 2 is 2.06 bits per heavy atom. The molecule has 0 saturated carbocycles. The monoisotopic (exact) mass is 258 g/mol. The molecule has 17 heavy (non-hydrogen) atoms. The Balaban J connectivity index is 3.00. The van der Waals surface area contributed by atoms with Gasteiger partial charge in [0, 0.05) is 25.3 Å². The van der Waals surface area contributed by atoms with Crippen molar-refractivity contribution in [1.29, 1.82) is 0 Å². The molecule has 7 heteroatoms. The van der Waals surface area contributed by atoms with Crippen LogP contribution >= 0.6 is 0 Å². The SMILES string of the molecule is CC(C)N(CCN)c1ccc(S(N)(=O)=O)cn1. The Labute approximate surface area is 102 Å². The van der Waals surface area contributed by atoms with Crippen LogP contribution in [0.5, 0.6) is 0 Å². The fourth-order valence-electron chi connectivity index (χ4n) is 1.49. The second kappa shape index (κ2) is 5.44. The summed E-state index contributed by atoms with van der Waals surface area (Å²) in [5.41, 5.74) is 5.52. The first-order valence-electron chi connectivity index (χ1n) is 5.32. The topological polar surface area (TPSA) is 102 Å². The molecule has 6 nitrogen and oxygen atoms in total. The molecule has 0 atom stereocenters. The molecule has 0 aliphatic heterocycles. The van der Waals surface area contributed by atoms with Crippen LogP contribution in [0.2, 0.25) is 0 Å². The third-order valence-electron chi connectivity index (χ3n) is 2.34. The van der Waals surface area contributed by atoms with Crippen LogP contribution in [0.3, 0.4) is 0 Å². The van der Waals surface area contributed by atoms with Gasteiger partial charge in [0.2, 0.25) is 10.0 Å². The first-order valence-corrected chi connectivity index (χ1v) is 6.86. The van der Waals surface area contributed by atoms with E-state index in [9.17, 15) is 8.42 Å². The van der Waals surface area contributed by atoms with Gasteiger partial charge >= 0.3 is 0 Å². The third-order valence-corrected chi connectivity index (χ3v) is 3.24. The molecular formula is C10H18N4O2S. The summed E-state index contributed by atoms with van der Waals surface area (Å²) in [6.07, 6.45) is 1.26. The Bertz CT molecular complexity index is 456. The molecule has 1 aromatic heterocycles. The number of primary sulfonamides is 1. The summed E-state index contributed by atoms with van der Waals surface area (Å²) in [6, 6.07) is 3.32. The number of pyridine rings is 1. The van der Waals surface area contributed by atoms with Crippen molar-refractivity contribution in [2.45, 2.75) is 24.8 Å². The lowest BCUT2D eigenvalue weighted by Gasteiger charge is -2.27. The third kappa shape index (κ3) is 3.65. The summed E-state index contributed by atoms with van der Waals surface area (Å²) in [4.78, 5) is 6.10. The van der Waals surface area contributed by atoms with E-state index in [1.165, 1.54) is 12.3 Å².